The van der Waals surface area contributed by atoms with E-state index in [0.29, 0.717) is 24.9 Å². The van der Waals surface area contributed by atoms with Crippen LogP contribution in [0.2, 0.25) is 0 Å². The molecule has 156 valence electrons. The number of carbonyl (C=O) groups excluding carboxylic acids is 1. The number of amides is 1. The van der Waals surface area contributed by atoms with Gasteiger partial charge in [-0.05, 0) is 50.7 Å². The van der Waals surface area contributed by atoms with Gasteiger partial charge in [-0.1, -0.05) is 24.3 Å². The number of hydrogen-bond acceptors (Lipinski definition) is 4. The monoisotopic (exact) mass is 396 g/mol. The summed E-state index contributed by atoms with van der Waals surface area (Å²) in [6.45, 7) is 7.10. The number of rotatable bonds is 6. The third kappa shape index (κ3) is 4.38. The molecule has 2 heterocycles. The second kappa shape index (κ2) is 8.67. The van der Waals surface area contributed by atoms with E-state index in [1.807, 2.05) is 16.6 Å². The van der Waals surface area contributed by atoms with Crippen molar-refractivity contribution in [3.05, 3.63) is 52.3 Å². The summed E-state index contributed by atoms with van der Waals surface area (Å²) in [5.74, 6) is 0.0696. The molecule has 2 aliphatic rings. The number of fused-ring (bicyclic) bond motifs is 2. The molecule has 1 aromatic carbocycles. The van der Waals surface area contributed by atoms with Crippen LogP contribution in [-0.2, 0) is 37.6 Å². The quantitative estimate of drug-likeness (QED) is 0.762. The summed E-state index contributed by atoms with van der Waals surface area (Å²) in [4.78, 5) is 15.3. The average Bonchev–Trinajstić information content (AvgIpc) is 3.06. The van der Waals surface area contributed by atoms with Gasteiger partial charge in [0.1, 0.15) is 0 Å². The van der Waals surface area contributed by atoms with Gasteiger partial charge in [0.2, 0.25) is 0 Å². The molecule has 1 unspecified atom stereocenters. The lowest BCUT2D eigenvalue weighted by Gasteiger charge is -2.29. The fourth-order valence-corrected chi connectivity index (χ4v) is 4.51. The number of nitrogens with one attached hydrogen (secondary N) is 1. The van der Waals surface area contributed by atoms with E-state index in [4.69, 9.17) is 4.74 Å². The fourth-order valence-electron chi connectivity index (χ4n) is 4.51. The van der Waals surface area contributed by atoms with E-state index in [9.17, 15) is 4.79 Å². The van der Waals surface area contributed by atoms with E-state index < -0.39 is 0 Å². The van der Waals surface area contributed by atoms with Crippen molar-refractivity contribution in [1.82, 2.24) is 20.0 Å². The second-order valence-electron chi connectivity index (χ2n) is 8.46. The summed E-state index contributed by atoms with van der Waals surface area (Å²) >= 11 is 0. The Bertz CT molecular complexity index is 874. The number of nitrogens with zero attached hydrogens (tertiary/aromatic N) is 3. The van der Waals surface area contributed by atoms with Crippen LogP contribution in [0.25, 0.3) is 0 Å². The van der Waals surface area contributed by atoms with Gasteiger partial charge in [0.25, 0.3) is 5.91 Å². The molecular weight excluding hydrogens is 364 g/mol. The molecule has 0 bridgehead atoms. The first-order valence-electron chi connectivity index (χ1n) is 10.8. The smallest absolute Gasteiger partial charge is 0.274 e. The Kier molecular flexibility index (Phi) is 6.01. The summed E-state index contributed by atoms with van der Waals surface area (Å²) in [5, 5.41) is 8.25. The molecule has 6 heteroatoms. The number of carbonyl (C=O) groups is 1. The van der Waals surface area contributed by atoms with Crippen molar-refractivity contribution in [2.75, 3.05) is 19.7 Å². The molecule has 1 N–H and O–H groups in total. The van der Waals surface area contributed by atoms with Crippen molar-refractivity contribution in [2.45, 2.75) is 58.2 Å². The summed E-state index contributed by atoms with van der Waals surface area (Å²) in [5.41, 5.74) is 5.59. The van der Waals surface area contributed by atoms with Crippen LogP contribution in [0.1, 0.15) is 53.1 Å². The van der Waals surface area contributed by atoms with Crippen LogP contribution in [0, 0.1) is 0 Å². The SMILES string of the molecule is CC(C)OCCNC1CCc2c(c(C(=O)N3CCc4ccccc4C3)nn2C)C1. The van der Waals surface area contributed by atoms with Crippen molar-refractivity contribution in [3.63, 3.8) is 0 Å². The summed E-state index contributed by atoms with van der Waals surface area (Å²) in [6, 6.07) is 8.79. The van der Waals surface area contributed by atoms with Gasteiger partial charge < -0.3 is 15.0 Å². The zero-order chi connectivity index (χ0) is 20.4. The third-order valence-corrected chi connectivity index (χ3v) is 6.06. The molecule has 0 saturated heterocycles. The molecule has 29 heavy (non-hydrogen) atoms. The van der Waals surface area contributed by atoms with Crippen molar-refractivity contribution >= 4 is 5.91 Å². The predicted octanol–water partition coefficient (Wildman–Crippen LogP) is 2.49. The molecule has 1 aliphatic carbocycles. The van der Waals surface area contributed by atoms with Crippen molar-refractivity contribution in [3.8, 4) is 0 Å². The normalized spacial score (nSPS) is 18.6. The minimum atomic E-state index is 0.0696. The maximum atomic E-state index is 13.3. The van der Waals surface area contributed by atoms with Crippen LogP contribution in [0.5, 0.6) is 0 Å². The topological polar surface area (TPSA) is 59.4 Å². The lowest BCUT2D eigenvalue weighted by atomic mass is 9.90. The largest absolute Gasteiger partial charge is 0.377 e. The Morgan fingerprint density at radius 1 is 1.28 bits per heavy atom. The molecule has 0 saturated carbocycles. The second-order valence-corrected chi connectivity index (χ2v) is 8.46. The van der Waals surface area contributed by atoms with E-state index in [1.165, 1.54) is 16.8 Å². The predicted molar refractivity (Wildman–Crippen MR) is 113 cm³/mol. The van der Waals surface area contributed by atoms with Gasteiger partial charge in [-0.3, -0.25) is 9.48 Å². The lowest BCUT2D eigenvalue weighted by molar-refractivity contribution is 0.0725. The highest BCUT2D eigenvalue weighted by atomic mass is 16.5. The summed E-state index contributed by atoms with van der Waals surface area (Å²) in [6.07, 6.45) is 4.05. The van der Waals surface area contributed by atoms with Crippen molar-refractivity contribution in [1.29, 1.82) is 0 Å². The van der Waals surface area contributed by atoms with Crippen LogP contribution in [-0.4, -0.2) is 52.4 Å². The summed E-state index contributed by atoms with van der Waals surface area (Å²) in [7, 11) is 1.96. The highest BCUT2D eigenvalue weighted by molar-refractivity contribution is 5.94. The van der Waals surface area contributed by atoms with E-state index in [0.717, 1.165) is 44.3 Å². The van der Waals surface area contributed by atoms with Crippen LogP contribution in [0.15, 0.2) is 24.3 Å². The standard InChI is InChI=1S/C23H32N4O2/c1-16(2)29-13-11-24-19-8-9-21-20(14-19)22(25-26(21)3)23(28)27-12-10-17-6-4-5-7-18(17)15-27/h4-7,16,19,24H,8-15H2,1-3H3. The first-order valence-corrected chi connectivity index (χ1v) is 10.8. The Labute approximate surface area is 173 Å². The minimum Gasteiger partial charge on any atom is -0.377 e. The van der Waals surface area contributed by atoms with E-state index in [-0.39, 0.29) is 12.0 Å². The molecule has 0 spiro atoms. The average molecular weight is 397 g/mol. The van der Waals surface area contributed by atoms with Crippen LogP contribution in [0.3, 0.4) is 0 Å². The first kappa shape index (κ1) is 20.1. The van der Waals surface area contributed by atoms with Gasteiger partial charge in [0.05, 0.1) is 12.7 Å². The Hall–Kier alpha value is -2.18. The molecule has 1 atom stereocenters. The maximum Gasteiger partial charge on any atom is 0.274 e. The highest BCUT2D eigenvalue weighted by Crippen LogP contribution is 2.27. The lowest BCUT2D eigenvalue weighted by Crippen LogP contribution is -2.39. The summed E-state index contributed by atoms with van der Waals surface area (Å²) < 4.78 is 7.55. The molecule has 0 radical (unpaired) electrons. The van der Waals surface area contributed by atoms with Gasteiger partial charge in [0.15, 0.2) is 5.69 Å². The number of aromatic nitrogens is 2. The fraction of sp³-hybridized carbons (Fsp3) is 0.565. The molecule has 1 amide bonds. The number of hydrogen-bond donors (Lipinski definition) is 1. The first-order chi connectivity index (χ1) is 14.0. The number of benzene rings is 1. The molecule has 4 rings (SSSR count). The molecule has 6 nitrogen and oxygen atoms in total. The maximum absolute atomic E-state index is 13.3. The van der Waals surface area contributed by atoms with Crippen LogP contribution >= 0.6 is 0 Å². The van der Waals surface area contributed by atoms with E-state index in [2.05, 4.69) is 48.5 Å². The zero-order valence-corrected chi connectivity index (χ0v) is 17.8. The van der Waals surface area contributed by atoms with Gasteiger partial charge in [-0.2, -0.15) is 5.10 Å². The Morgan fingerprint density at radius 2 is 2.07 bits per heavy atom. The van der Waals surface area contributed by atoms with Gasteiger partial charge in [0, 0.05) is 44.0 Å². The van der Waals surface area contributed by atoms with Gasteiger partial charge in [-0.15, -0.1) is 0 Å². The van der Waals surface area contributed by atoms with Crippen molar-refractivity contribution in [2.24, 2.45) is 7.05 Å². The molecular formula is C23H32N4O2. The molecule has 1 aliphatic heterocycles. The minimum absolute atomic E-state index is 0.0696. The Morgan fingerprint density at radius 3 is 2.86 bits per heavy atom. The van der Waals surface area contributed by atoms with Crippen LogP contribution in [0.4, 0.5) is 0 Å². The molecule has 0 fully saturated rings. The van der Waals surface area contributed by atoms with E-state index >= 15 is 0 Å². The highest BCUT2D eigenvalue weighted by Gasteiger charge is 2.31. The molecule has 2 aromatic rings. The third-order valence-electron chi connectivity index (χ3n) is 6.06. The van der Waals surface area contributed by atoms with Crippen LogP contribution < -0.4 is 5.32 Å². The van der Waals surface area contributed by atoms with Gasteiger partial charge >= 0.3 is 0 Å². The Balaban J connectivity index is 1.45. The molecule has 1 aromatic heterocycles. The van der Waals surface area contributed by atoms with E-state index in [1.54, 1.807) is 0 Å². The van der Waals surface area contributed by atoms with Gasteiger partial charge in [-0.25, -0.2) is 0 Å². The number of aryl methyl sites for hydroxylation is 1. The van der Waals surface area contributed by atoms with Crippen molar-refractivity contribution < 1.29 is 9.53 Å². The zero-order valence-electron chi connectivity index (χ0n) is 17.8. The number of ether oxygens (including phenoxy) is 1.